The lowest BCUT2D eigenvalue weighted by Gasteiger charge is -2.15. The van der Waals surface area contributed by atoms with Gasteiger partial charge in [0.2, 0.25) is 0 Å². The maximum Gasteiger partial charge on any atom is 0.134 e. The van der Waals surface area contributed by atoms with Crippen LogP contribution in [0.4, 0.5) is 0 Å². The smallest absolute Gasteiger partial charge is 0.134 e. The highest BCUT2D eigenvalue weighted by atomic mass is 16.3. The van der Waals surface area contributed by atoms with Gasteiger partial charge in [-0.15, -0.1) is 0 Å². The Morgan fingerprint density at radius 1 is 1.21 bits per heavy atom. The average molecular weight is 189 g/mol. The third-order valence-corrected chi connectivity index (χ3v) is 2.58. The molecule has 0 aliphatic carbocycles. The minimum atomic E-state index is 0.0875. The van der Waals surface area contributed by atoms with Gasteiger partial charge in [0, 0.05) is 11.4 Å². The lowest BCUT2D eigenvalue weighted by molar-refractivity contribution is 0.513. The molecule has 0 saturated heterocycles. The van der Waals surface area contributed by atoms with Gasteiger partial charge in [-0.05, 0) is 23.6 Å². The molecular formula is C12H15NO. The predicted octanol–water partition coefficient (Wildman–Crippen LogP) is 3.09. The van der Waals surface area contributed by atoms with Crippen LogP contribution in [0.1, 0.15) is 25.5 Å². The maximum atomic E-state index is 6.06. The molecule has 0 fully saturated rings. The topological polar surface area (TPSA) is 39.2 Å². The Labute approximate surface area is 83.7 Å². The van der Waals surface area contributed by atoms with Crippen molar-refractivity contribution in [2.24, 2.45) is 11.7 Å². The van der Waals surface area contributed by atoms with Gasteiger partial charge in [-0.1, -0.05) is 26.0 Å². The van der Waals surface area contributed by atoms with E-state index < -0.39 is 0 Å². The lowest BCUT2D eigenvalue weighted by Crippen LogP contribution is -2.16. The van der Waals surface area contributed by atoms with Gasteiger partial charge in [0.25, 0.3) is 0 Å². The van der Waals surface area contributed by atoms with Gasteiger partial charge in [0.05, 0.1) is 6.26 Å². The van der Waals surface area contributed by atoms with Crippen LogP contribution in [0.2, 0.25) is 0 Å². The molecule has 2 nitrogen and oxygen atoms in total. The van der Waals surface area contributed by atoms with E-state index in [0.29, 0.717) is 5.92 Å². The molecule has 1 aromatic heterocycles. The number of rotatable bonds is 2. The highest BCUT2D eigenvalue weighted by Gasteiger charge is 2.11. The fraction of sp³-hybridized carbons (Fsp3) is 0.333. The number of benzene rings is 1. The van der Waals surface area contributed by atoms with Crippen molar-refractivity contribution in [1.82, 2.24) is 0 Å². The van der Waals surface area contributed by atoms with E-state index in [1.165, 1.54) is 0 Å². The van der Waals surface area contributed by atoms with Crippen LogP contribution in [-0.2, 0) is 0 Å². The molecule has 1 heterocycles. The minimum absolute atomic E-state index is 0.0875. The third kappa shape index (κ3) is 1.53. The molecular weight excluding hydrogens is 174 g/mol. The lowest BCUT2D eigenvalue weighted by atomic mass is 9.96. The number of hydrogen-bond donors (Lipinski definition) is 1. The molecule has 2 N–H and O–H groups in total. The van der Waals surface area contributed by atoms with E-state index in [1.54, 1.807) is 6.26 Å². The van der Waals surface area contributed by atoms with Crippen molar-refractivity contribution < 1.29 is 4.42 Å². The van der Waals surface area contributed by atoms with Crippen LogP contribution in [0.3, 0.4) is 0 Å². The van der Waals surface area contributed by atoms with E-state index in [-0.39, 0.29) is 6.04 Å². The Bertz CT molecular complexity index is 431. The van der Waals surface area contributed by atoms with Gasteiger partial charge in [0.15, 0.2) is 0 Å². The molecule has 2 rings (SSSR count). The van der Waals surface area contributed by atoms with E-state index in [2.05, 4.69) is 26.0 Å². The van der Waals surface area contributed by atoms with Crippen molar-refractivity contribution >= 4 is 11.0 Å². The summed E-state index contributed by atoms with van der Waals surface area (Å²) in [5.74, 6) is 0.447. The summed E-state index contributed by atoms with van der Waals surface area (Å²) >= 11 is 0. The van der Waals surface area contributed by atoms with Crippen molar-refractivity contribution in [3.05, 3.63) is 36.1 Å². The van der Waals surface area contributed by atoms with Gasteiger partial charge in [-0.3, -0.25) is 0 Å². The highest BCUT2D eigenvalue weighted by molar-refractivity contribution is 5.77. The zero-order valence-corrected chi connectivity index (χ0v) is 8.53. The van der Waals surface area contributed by atoms with Crippen molar-refractivity contribution in [3.8, 4) is 0 Å². The monoisotopic (exact) mass is 189 g/mol. The second-order valence-corrected chi connectivity index (χ2v) is 3.99. The molecule has 74 valence electrons. The second kappa shape index (κ2) is 3.46. The normalized spacial score (nSPS) is 13.7. The van der Waals surface area contributed by atoms with Crippen LogP contribution < -0.4 is 5.73 Å². The molecule has 1 atom stereocenters. The molecule has 0 unspecified atom stereocenters. The third-order valence-electron chi connectivity index (χ3n) is 2.58. The Morgan fingerprint density at radius 3 is 2.71 bits per heavy atom. The van der Waals surface area contributed by atoms with E-state index in [1.807, 2.05) is 12.1 Å². The quantitative estimate of drug-likeness (QED) is 0.788. The first-order valence-corrected chi connectivity index (χ1v) is 4.91. The highest BCUT2D eigenvalue weighted by Crippen LogP contribution is 2.23. The minimum Gasteiger partial charge on any atom is -0.464 e. The fourth-order valence-corrected chi connectivity index (χ4v) is 1.56. The van der Waals surface area contributed by atoms with Gasteiger partial charge < -0.3 is 10.2 Å². The molecule has 0 aliphatic rings. The number of furan rings is 1. The first kappa shape index (κ1) is 9.28. The molecule has 1 aromatic carbocycles. The first-order valence-electron chi connectivity index (χ1n) is 4.91. The summed E-state index contributed by atoms with van der Waals surface area (Å²) in [7, 11) is 0. The Hall–Kier alpha value is -1.28. The number of hydrogen-bond acceptors (Lipinski definition) is 2. The SMILES string of the molecule is CC(C)[C@@H](N)c1ccc2ccoc2c1. The molecule has 14 heavy (non-hydrogen) atoms. The van der Waals surface area contributed by atoms with Crippen LogP contribution >= 0.6 is 0 Å². The molecule has 0 aliphatic heterocycles. The van der Waals surface area contributed by atoms with Crippen molar-refractivity contribution in [1.29, 1.82) is 0 Å². The van der Waals surface area contributed by atoms with E-state index in [4.69, 9.17) is 10.2 Å². The zero-order chi connectivity index (χ0) is 10.1. The summed E-state index contributed by atoms with van der Waals surface area (Å²) in [5, 5.41) is 1.13. The van der Waals surface area contributed by atoms with Crippen LogP contribution in [0.5, 0.6) is 0 Å². The average Bonchev–Trinajstić information content (AvgIpc) is 2.62. The van der Waals surface area contributed by atoms with E-state index in [9.17, 15) is 0 Å². The molecule has 0 spiro atoms. The largest absolute Gasteiger partial charge is 0.464 e. The van der Waals surface area contributed by atoms with E-state index >= 15 is 0 Å². The molecule has 2 aromatic rings. The predicted molar refractivity (Wildman–Crippen MR) is 58.0 cm³/mol. The summed E-state index contributed by atoms with van der Waals surface area (Å²) in [6, 6.07) is 8.20. The Morgan fingerprint density at radius 2 is 2.00 bits per heavy atom. The molecule has 0 saturated carbocycles. The van der Waals surface area contributed by atoms with Crippen molar-refractivity contribution in [2.75, 3.05) is 0 Å². The number of nitrogens with two attached hydrogens (primary N) is 1. The van der Waals surface area contributed by atoms with Gasteiger partial charge >= 0.3 is 0 Å². The summed E-state index contributed by atoms with van der Waals surface area (Å²) < 4.78 is 5.33. The van der Waals surface area contributed by atoms with Gasteiger partial charge in [0.1, 0.15) is 5.58 Å². The Kier molecular flexibility index (Phi) is 2.30. The van der Waals surface area contributed by atoms with Crippen LogP contribution in [0.15, 0.2) is 34.9 Å². The summed E-state index contributed by atoms with van der Waals surface area (Å²) in [6.45, 7) is 4.24. The zero-order valence-electron chi connectivity index (χ0n) is 8.53. The van der Waals surface area contributed by atoms with Crippen LogP contribution in [0, 0.1) is 5.92 Å². The van der Waals surface area contributed by atoms with Crippen molar-refractivity contribution in [2.45, 2.75) is 19.9 Å². The van der Waals surface area contributed by atoms with Crippen LogP contribution in [-0.4, -0.2) is 0 Å². The molecule has 0 radical (unpaired) electrons. The second-order valence-electron chi connectivity index (χ2n) is 3.99. The first-order chi connectivity index (χ1) is 6.68. The van der Waals surface area contributed by atoms with Crippen molar-refractivity contribution in [3.63, 3.8) is 0 Å². The van der Waals surface area contributed by atoms with Gasteiger partial charge in [-0.25, -0.2) is 0 Å². The van der Waals surface area contributed by atoms with Gasteiger partial charge in [-0.2, -0.15) is 0 Å². The van der Waals surface area contributed by atoms with Crippen LogP contribution in [0.25, 0.3) is 11.0 Å². The summed E-state index contributed by atoms with van der Waals surface area (Å²) in [6.07, 6.45) is 1.70. The summed E-state index contributed by atoms with van der Waals surface area (Å²) in [5.41, 5.74) is 8.11. The fourth-order valence-electron chi connectivity index (χ4n) is 1.56. The summed E-state index contributed by atoms with van der Waals surface area (Å²) in [4.78, 5) is 0. The number of fused-ring (bicyclic) bond motifs is 1. The maximum absolute atomic E-state index is 6.06. The standard InChI is InChI=1S/C12H15NO/c1-8(2)12(13)10-4-3-9-5-6-14-11(9)7-10/h3-8,12H,13H2,1-2H3/t12-/m1/s1. The van der Waals surface area contributed by atoms with E-state index in [0.717, 1.165) is 16.5 Å². The molecule has 0 amide bonds. The Balaban J connectivity index is 2.43. The molecule has 2 heteroatoms. The molecule has 0 bridgehead atoms.